The molecule has 0 aromatic carbocycles. The summed E-state index contributed by atoms with van der Waals surface area (Å²) in [5.41, 5.74) is 0. The zero-order valence-corrected chi connectivity index (χ0v) is 8.46. The molecule has 3 nitrogen and oxygen atoms in total. The molecule has 0 rings (SSSR count). The first-order chi connectivity index (χ1) is 3.35. The van der Waals surface area contributed by atoms with Crippen molar-refractivity contribution >= 4 is 9.53 Å². The molecule has 0 fully saturated rings. The first kappa shape index (κ1) is 16.3. The van der Waals surface area contributed by atoms with Crippen LogP contribution >= 0.6 is 0 Å². The normalized spacial score (nSPS) is 8.00. The van der Waals surface area contributed by atoms with E-state index < -0.39 is 9.53 Å². The summed E-state index contributed by atoms with van der Waals surface area (Å²) in [7, 11) is 3.05. The average Bonchev–Trinajstić information content (AvgIpc) is 1.72. The smallest absolute Gasteiger partial charge is 0.379 e. The second-order valence-electron chi connectivity index (χ2n) is 0.996. The van der Waals surface area contributed by atoms with Gasteiger partial charge in [-0.05, 0) is 0 Å². The fourth-order valence-corrected chi connectivity index (χ4v) is 0.866. The molecule has 0 bridgehead atoms. The maximum absolute atomic E-state index is 4.74. The number of rotatable bonds is 3. The van der Waals surface area contributed by atoms with Crippen molar-refractivity contribution in [2.75, 3.05) is 21.3 Å². The molecule has 0 N–H and O–H groups in total. The standard InChI is InChI=1S/C3H10O3Si.FH.Ru/c1-4-7(5-2)6-3;;/h7H,1-3H3;1H;. The van der Waals surface area contributed by atoms with Crippen LogP contribution in [0.5, 0.6) is 0 Å². The van der Waals surface area contributed by atoms with E-state index in [1.165, 1.54) is 0 Å². The van der Waals surface area contributed by atoms with E-state index in [0.29, 0.717) is 0 Å². The van der Waals surface area contributed by atoms with Crippen LogP contribution in [-0.4, -0.2) is 30.9 Å². The summed E-state index contributed by atoms with van der Waals surface area (Å²) >= 11 is 0. The molecular weight excluding hydrogens is 232 g/mol. The maximum Gasteiger partial charge on any atom is 0.483 e. The monoisotopic (exact) mass is 244 g/mol. The third-order valence-electron chi connectivity index (χ3n) is 0.577. The van der Waals surface area contributed by atoms with Crippen LogP contribution in [0.3, 0.4) is 0 Å². The summed E-state index contributed by atoms with van der Waals surface area (Å²) in [4.78, 5) is 0. The molecular formula is C3H11FO3RuSi. The van der Waals surface area contributed by atoms with E-state index in [-0.39, 0.29) is 24.2 Å². The summed E-state index contributed by atoms with van der Waals surface area (Å²) in [5, 5.41) is 0. The van der Waals surface area contributed by atoms with Crippen LogP contribution in [0.1, 0.15) is 0 Å². The van der Waals surface area contributed by atoms with E-state index in [0.717, 1.165) is 0 Å². The molecule has 0 aliphatic carbocycles. The van der Waals surface area contributed by atoms with Crippen molar-refractivity contribution in [3.05, 3.63) is 0 Å². The second-order valence-corrected chi connectivity index (χ2v) is 2.99. The molecule has 0 aliphatic rings. The number of halogens is 1. The van der Waals surface area contributed by atoms with Crippen molar-refractivity contribution in [3.8, 4) is 0 Å². The van der Waals surface area contributed by atoms with Crippen LogP contribution in [0, 0.1) is 0 Å². The van der Waals surface area contributed by atoms with Crippen LogP contribution in [0.15, 0.2) is 0 Å². The minimum absolute atomic E-state index is 0. The molecule has 0 amide bonds. The van der Waals surface area contributed by atoms with Gasteiger partial charge in [0.2, 0.25) is 0 Å². The average molecular weight is 243 g/mol. The van der Waals surface area contributed by atoms with E-state index in [2.05, 4.69) is 0 Å². The molecule has 60 valence electrons. The quantitative estimate of drug-likeness (QED) is 0.642. The zero-order chi connectivity index (χ0) is 5.70. The Labute approximate surface area is 68.8 Å². The summed E-state index contributed by atoms with van der Waals surface area (Å²) in [6.07, 6.45) is 0. The fraction of sp³-hybridized carbons (Fsp3) is 1.00. The van der Waals surface area contributed by atoms with Gasteiger partial charge in [-0.1, -0.05) is 0 Å². The fourth-order valence-electron chi connectivity index (χ4n) is 0.289. The SMILES string of the molecule is CO[SiH](OC)OC.F.[Ru]. The summed E-state index contributed by atoms with van der Waals surface area (Å²) in [6, 6.07) is 0. The van der Waals surface area contributed by atoms with Gasteiger partial charge >= 0.3 is 9.53 Å². The molecule has 0 spiro atoms. The third kappa shape index (κ3) is 8.65. The first-order valence-corrected chi connectivity index (χ1v) is 3.35. The van der Waals surface area contributed by atoms with Gasteiger partial charge in [0.15, 0.2) is 0 Å². The van der Waals surface area contributed by atoms with Gasteiger partial charge < -0.3 is 13.3 Å². The number of hydrogen-bond donors (Lipinski definition) is 0. The molecule has 0 unspecified atom stereocenters. The van der Waals surface area contributed by atoms with Gasteiger partial charge in [0.05, 0.1) is 0 Å². The van der Waals surface area contributed by atoms with Gasteiger partial charge in [0, 0.05) is 40.8 Å². The predicted molar refractivity (Wildman–Crippen MR) is 30.7 cm³/mol. The van der Waals surface area contributed by atoms with E-state index in [4.69, 9.17) is 13.3 Å². The van der Waals surface area contributed by atoms with Gasteiger partial charge in [0.1, 0.15) is 0 Å². The topological polar surface area (TPSA) is 27.7 Å². The number of hydrogen-bond acceptors (Lipinski definition) is 3. The molecule has 0 aliphatic heterocycles. The Morgan fingerprint density at radius 3 is 1.11 bits per heavy atom. The molecule has 0 atom stereocenters. The van der Waals surface area contributed by atoms with Crippen LogP contribution in [0.25, 0.3) is 0 Å². The van der Waals surface area contributed by atoms with Gasteiger partial charge in [-0.2, -0.15) is 0 Å². The van der Waals surface area contributed by atoms with Crippen LogP contribution in [-0.2, 0) is 32.8 Å². The van der Waals surface area contributed by atoms with Gasteiger partial charge in [-0.25, -0.2) is 0 Å². The van der Waals surface area contributed by atoms with E-state index >= 15 is 0 Å². The Bertz CT molecular complexity index is 40.5. The molecule has 0 heterocycles. The third-order valence-corrected chi connectivity index (χ3v) is 1.73. The second kappa shape index (κ2) is 11.4. The van der Waals surface area contributed by atoms with Crippen molar-refractivity contribution in [1.82, 2.24) is 0 Å². The Hall–Kier alpha value is 0.650. The van der Waals surface area contributed by atoms with Gasteiger partial charge in [-0.3, -0.25) is 4.70 Å². The predicted octanol–water partition coefficient (Wildman–Crippen LogP) is -0.207. The first-order valence-electron chi connectivity index (χ1n) is 1.93. The Morgan fingerprint density at radius 1 is 0.889 bits per heavy atom. The van der Waals surface area contributed by atoms with E-state index in [1.54, 1.807) is 21.3 Å². The minimum Gasteiger partial charge on any atom is -0.379 e. The van der Waals surface area contributed by atoms with E-state index in [1.807, 2.05) is 0 Å². The van der Waals surface area contributed by atoms with Crippen molar-refractivity contribution in [2.24, 2.45) is 0 Å². The largest absolute Gasteiger partial charge is 0.483 e. The van der Waals surface area contributed by atoms with Crippen molar-refractivity contribution in [1.29, 1.82) is 0 Å². The summed E-state index contributed by atoms with van der Waals surface area (Å²) in [6.45, 7) is 0. The summed E-state index contributed by atoms with van der Waals surface area (Å²) < 4.78 is 14.2. The molecule has 6 heteroatoms. The van der Waals surface area contributed by atoms with E-state index in [9.17, 15) is 0 Å². The van der Waals surface area contributed by atoms with Crippen molar-refractivity contribution < 1.29 is 37.5 Å². The van der Waals surface area contributed by atoms with Crippen LogP contribution in [0.2, 0.25) is 0 Å². The molecule has 0 saturated heterocycles. The molecule has 0 radical (unpaired) electrons. The molecule has 9 heavy (non-hydrogen) atoms. The Kier molecular flexibility index (Phi) is 20.8. The van der Waals surface area contributed by atoms with Gasteiger partial charge in [-0.15, -0.1) is 0 Å². The van der Waals surface area contributed by atoms with Gasteiger partial charge in [0.25, 0.3) is 0 Å². The Balaban J connectivity index is -0.000000180. The van der Waals surface area contributed by atoms with Crippen LogP contribution < -0.4 is 0 Å². The molecule has 0 aromatic rings. The summed E-state index contributed by atoms with van der Waals surface area (Å²) in [5.74, 6) is 0. The zero-order valence-electron chi connectivity index (χ0n) is 5.56. The molecule has 0 saturated carbocycles. The van der Waals surface area contributed by atoms with Crippen LogP contribution in [0.4, 0.5) is 4.70 Å². The Morgan fingerprint density at radius 2 is 1.11 bits per heavy atom. The van der Waals surface area contributed by atoms with Crippen molar-refractivity contribution in [2.45, 2.75) is 0 Å². The maximum atomic E-state index is 4.74. The molecule has 0 aromatic heterocycles. The van der Waals surface area contributed by atoms with Crippen molar-refractivity contribution in [3.63, 3.8) is 0 Å². The minimum atomic E-state index is -1.67.